The van der Waals surface area contributed by atoms with Crippen molar-refractivity contribution in [3.63, 3.8) is 0 Å². The van der Waals surface area contributed by atoms with Gasteiger partial charge in [0.25, 0.3) is 0 Å². The van der Waals surface area contributed by atoms with Crippen LogP contribution in [0.1, 0.15) is 35.9 Å². The first-order valence-electron chi connectivity index (χ1n) is 11.0. The van der Waals surface area contributed by atoms with E-state index in [-0.39, 0.29) is 13.9 Å². The number of halogens is 2. The Morgan fingerprint density at radius 1 is 0.774 bits per heavy atom. The first-order valence-corrected chi connectivity index (χ1v) is 27.3. The molecule has 159 valence electrons. The number of fused-ring (bicyclic) bond motifs is 4. The number of aliphatic hydroxyl groups is 1. The molecule has 0 bridgehead atoms. The third kappa shape index (κ3) is 3.08. The summed E-state index contributed by atoms with van der Waals surface area (Å²) in [4.78, 5) is 0. The quantitative estimate of drug-likeness (QED) is 0.335. The first-order chi connectivity index (χ1) is 14.9. The van der Waals surface area contributed by atoms with E-state index in [1.54, 1.807) is 0 Å². The summed E-state index contributed by atoms with van der Waals surface area (Å²) >= 11 is -4.63. The molecule has 1 unspecified atom stereocenters. The summed E-state index contributed by atoms with van der Waals surface area (Å²) in [5.41, 5.74) is 8.86. The van der Waals surface area contributed by atoms with Crippen LogP contribution in [-0.2, 0) is 15.6 Å². The molecule has 5 rings (SSSR count). The normalized spacial score (nSPS) is 18.8. The number of hydrogen-bond acceptors (Lipinski definition) is 1. The summed E-state index contributed by atoms with van der Waals surface area (Å²) < 4.78 is 0.117. The molecule has 0 amide bonds. The maximum atomic E-state index is 9.90. The fraction of sp³-hybridized carbons (Fsp3) is 0.231. The number of hydrogen-bond donors (Lipinski definition) is 1. The van der Waals surface area contributed by atoms with Gasteiger partial charge in [0.1, 0.15) is 0 Å². The van der Waals surface area contributed by atoms with Gasteiger partial charge >= 0.3 is 195 Å². The van der Waals surface area contributed by atoms with Crippen LogP contribution < -0.4 is 0 Å². The summed E-state index contributed by atoms with van der Waals surface area (Å²) in [6.07, 6.45) is 2.87. The van der Waals surface area contributed by atoms with Crippen LogP contribution in [0.3, 0.4) is 0 Å². The fourth-order valence-corrected chi connectivity index (χ4v) is 36.8. The predicted octanol–water partition coefficient (Wildman–Crippen LogP) is 7.26. The Hall–Kier alpha value is -0.960. The molecule has 5 heteroatoms. The molecule has 3 aromatic carbocycles. The van der Waals surface area contributed by atoms with Gasteiger partial charge in [-0.05, 0) is 0 Å². The van der Waals surface area contributed by atoms with Crippen molar-refractivity contribution in [2.45, 2.75) is 26.8 Å². The molecule has 1 atom stereocenters. The Morgan fingerprint density at radius 2 is 1.29 bits per heavy atom. The van der Waals surface area contributed by atoms with Gasteiger partial charge in [-0.1, -0.05) is 0 Å². The monoisotopic (exact) mass is 543 g/mol. The van der Waals surface area contributed by atoms with Gasteiger partial charge in [-0.15, -0.1) is 0 Å². The Kier molecular flexibility index (Phi) is 5.51. The second-order valence-electron chi connectivity index (χ2n) is 9.24. The van der Waals surface area contributed by atoms with Crippen LogP contribution in [0.2, 0.25) is 13.1 Å². The van der Waals surface area contributed by atoms with Crippen molar-refractivity contribution < 1.29 is 20.7 Å². The Morgan fingerprint density at radius 3 is 1.84 bits per heavy atom. The van der Waals surface area contributed by atoms with Crippen molar-refractivity contribution in [1.82, 2.24) is 0 Å². The van der Waals surface area contributed by atoms with Gasteiger partial charge < -0.3 is 0 Å². The molecule has 0 heterocycles. The van der Waals surface area contributed by atoms with E-state index in [0.717, 1.165) is 0 Å². The van der Waals surface area contributed by atoms with Crippen molar-refractivity contribution in [1.29, 1.82) is 0 Å². The molecule has 3 aromatic rings. The molecule has 0 fully saturated rings. The van der Waals surface area contributed by atoms with Crippen LogP contribution in [-0.4, -0.2) is 17.6 Å². The second-order valence-corrected chi connectivity index (χ2v) is 51.7. The topological polar surface area (TPSA) is 20.2 Å². The van der Waals surface area contributed by atoms with Crippen LogP contribution in [0.4, 0.5) is 0 Å². The first kappa shape index (κ1) is 21.9. The maximum absolute atomic E-state index is 9.90. The van der Waals surface area contributed by atoms with Crippen molar-refractivity contribution >= 4 is 29.0 Å². The zero-order chi connectivity index (χ0) is 21.8. The van der Waals surface area contributed by atoms with Gasteiger partial charge in [0, 0.05) is 0 Å². The third-order valence-corrected chi connectivity index (χ3v) is 59.2. The van der Waals surface area contributed by atoms with Gasteiger partial charge in [0.05, 0.1) is 0 Å². The summed E-state index contributed by atoms with van der Waals surface area (Å²) in [6, 6.07) is 25.9. The summed E-state index contributed by atoms with van der Waals surface area (Å²) in [5, 5.41) is 9.90. The average Bonchev–Trinajstić information content (AvgIpc) is 3.30. The molecule has 1 N–H and O–H groups in total. The van der Waals surface area contributed by atoms with E-state index in [9.17, 15) is 5.11 Å². The molecule has 0 saturated carbocycles. The van der Waals surface area contributed by atoms with Crippen LogP contribution >= 0.6 is 17.0 Å². The standard InChI is InChI=1S/C13H9.C11H11O.C2H7Si.2ClH.Zr/c1-3-7-12-10(5-1)9-11-6-2-4-8-13(11)12;12-6-5-9-7-10-3-1-2-4-11(10)8-9;1-3-2;;;/h1-9H;1-4,7-8,12H,5-6H2;3H,1-2H3;2*1H;/q;;;;;+2/p-2. The molecule has 1 nitrogen and oxygen atoms in total. The van der Waals surface area contributed by atoms with E-state index < -0.39 is 21.5 Å². The van der Waals surface area contributed by atoms with Crippen molar-refractivity contribution in [3.05, 3.63) is 101 Å². The van der Waals surface area contributed by atoms with E-state index >= 15 is 0 Å². The molecule has 0 saturated heterocycles. The Bertz CT molecular complexity index is 1160. The zero-order valence-corrected chi connectivity index (χ0v) is 23.0. The Balaban J connectivity index is 1.82. The van der Waals surface area contributed by atoms with Gasteiger partial charge in [0.15, 0.2) is 0 Å². The summed E-state index contributed by atoms with van der Waals surface area (Å²) in [7, 11) is 16.3. The minimum absolute atomic E-state index is 0.0454. The van der Waals surface area contributed by atoms with Gasteiger partial charge in [-0.25, -0.2) is 0 Å². The molecule has 0 aliphatic heterocycles. The third-order valence-electron chi connectivity index (χ3n) is 7.46. The molecule has 0 spiro atoms. The summed E-state index contributed by atoms with van der Waals surface area (Å²) in [5.74, 6) is -1.54. The van der Waals surface area contributed by atoms with E-state index in [1.807, 2.05) is 0 Å². The van der Waals surface area contributed by atoms with E-state index in [2.05, 4.69) is 92.0 Å². The van der Waals surface area contributed by atoms with Crippen LogP contribution in [0.25, 0.3) is 17.2 Å². The van der Waals surface area contributed by atoms with Crippen LogP contribution in [0.5, 0.6) is 0 Å². The number of benzene rings is 3. The number of rotatable bonds is 5. The fourth-order valence-electron chi connectivity index (χ4n) is 5.97. The molecular formula is C26H27Cl2OSiZr. The second kappa shape index (κ2) is 7.82. The predicted molar refractivity (Wildman–Crippen MR) is 133 cm³/mol. The molecule has 31 heavy (non-hydrogen) atoms. The van der Waals surface area contributed by atoms with Crippen LogP contribution in [0.15, 0.2) is 78.4 Å². The van der Waals surface area contributed by atoms with E-state index in [1.165, 1.54) is 39.0 Å². The molecule has 0 radical (unpaired) electrons. The minimum atomic E-state index is -4.63. The molecule has 2 aliphatic carbocycles. The molecular weight excluding hydrogens is 519 g/mol. The number of aliphatic hydroxyl groups excluding tert-OH is 1. The molecule has 0 aromatic heterocycles. The van der Waals surface area contributed by atoms with Crippen LogP contribution in [0, 0.1) is 0 Å². The molecule has 2 aliphatic rings. The van der Waals surface area contributed by atoms with Gasteiger partial charge in [-0.3, -0.25) is 0 Å². The van der Waals surface area contributed by atoms with Gasteiger partial charge in [0.2, 0.25) is 0 Å². The SMILES string of the molecule is C[SiH](C)[Zr]([Cl])([Cl])([CH]1C(CCO)=Cc2ccccc21)[CH]1c2ccccc2-c2ccccc21. The Labute approximate surface area is 193 Å². The van der Waals surface area contributed by atoms with E-state index in [4.69, 9.17) is 17.0 Å². The van der Waals surface area contributed by atoms with Crippen molar-refractivity contribution in [3.8, 4) is 11.1 Å². The zero-order valence-electron chi connectivity index (χ0n) is 17.9. The van der Waals surface area contributed by atoms with Gasteiger partial charge in [-0.2, -0.15) is 0 Å². The van der Waals surface area contributed by atoms with Crippen molar-refractivity contribution in [2.75, 3.05) is 6.61 Å². The average molecular weight is 546 g/mol. The summed E-state index contributed by atoms with van der Waals surface area (Å²) in [6.45, 7) is 4.82. The van der Waals surface area contributed by atoms with E-state index in [0.29, 0.717) is 6.42 Å². The van der Waals surface area contributed by atoms with Crippen molar-refractivity contribution in [2.24, 2.45) is 0 Å².